The van der Waals surface area contributed by atoms with E-state index in [-0.39, 0.29) is 5.69 Å². The van der Waals surface area contributed by atoms with E-state index in [1.165, 1.54) is 6.07 Å². The number of benzene rings is 1. The van der Waals surface area contributed by atoms with Gasteiger partial charge in [-0.1, -0.05) is 30.3 Å². The van der Waals surface area contributed by atoms with Gasteiger partial charge in [0, 0.05) is 5.56 Å². The van der Waals surface area contributed by atoms with E-state index in [0.717, 1.165) is 0 Å². The second-order valence-corrected chi connectivity index (χ2v) is 3.19. The van der Waals surface area contributed by atoms with Gasteiger partial charge in [0.05, 0.1) is 11.4 Å². The third-order valence-corrected chi connectivity index (χ3v) is 2.07. The fourth-order valence-electron chi connectivity index (χ4n) is 1.35. The molecule has 0 saturated heterocycles. The van der Waals surface area contributed by atoms with Crippen LogP contribution in [0.25, 0.3) is 11.3 Å². The van der Waals surface area contributed by atoms with Gasteiger partial charge in [-0.3, -0.25) is 0 Å². The predicted octanol–water partition coefficient (Wildman–Crippen LogP) is 2.37. The Morgan fingerprint density at radius 3 is 2.50 bits per heavy atom. The van der Waals surface area contributed by atoms with E-state index in [9.17, 15) is 13.6 Å². The van der Waals surface area contributed by atoms with Gasteiger partial charge in [0.1, 0.15) is 0 Å². The second kappa shape index (κ2) is 4.22. The summed E-state index contributed by atoms with van der Waals surface area (Å²) in [5.74, 6) is 0. The monoisotopic (exact) mass is 222 g/mol. The average molecular weight is 222 g/mol. The number of hydrogen-bond acceptors (Lipinski definition) is 2. The molecule has 1 aromatic carbocycles. The lowest BCUT2D eigenvalue weighted by Crippen LogP contribution is -2.13. The van der Waals surface area contributed by atoms with E-state index < -0.39 is 17.8 Å². The Balaban J connectivity index is 2.54. The number of H-pyrrole nitrogens is 1. The molecule has 0 aliphatic heterocycles. The van der Waals surface area contributed by atoms with Crippen LogP contribution in [0.1, 0.15) is 12.1 Å². The van der Waals surface area contributed by atoms with Gasteiger partial charge < -0.3 is 4.98 Å². The zero-order valence-electron chi connectivity index (χ0n) is 8.15. The standard InChI is InChI=1S/C11H8F2N2O/c12-10(13)9-6-8(14-11(16)15-9)7-4-2-1-3-5-7/h1-6,10H,(H,14,15,16). The lowest BCUT2D eigenvalue weighted by Gasteiger charge is -2.03. The van der Waals surface area contributed by atoms with E-state index in [1.807, 2.05) is 4.98 Å². The molecule has 2 rings (SSSR count). The van der Waals surface area contributed by atoms with Gasteiger partial charge in [-0.2, -0.15) is 4.98 Å². The van der Waals surface area contributed by atoms with Crippen LogP contribution in [-0.4, -0.2) is 9.97 Å². The minimum atomic E-state index is -2.71. The minimum absolute atomic E-state index is 0.250. The Morgan fingerprint density at radius 2 is 1.88 bits per heavy atom. The molecule has 0 amide bonds. The maximum absolute atomic E-state index is 12.4. The topological polar surface area (TPSA) is 45.8 Å². The van der Waals surface area contributed by atoms with Crippen molar-refractivity contribution in [1.29, 1.82) is 0 Å². The van der Waals surface area contributed by atoms with Crippen molar-refractivity contribution in [3.63, 3.8) is 0 Å². The number of rotatable bonds is 2. The molecule has 16 heavy (non-hydrogen) atoms. The minimum Gasteiger partial charge on any atom is -0.304 e. The van der Waals surface area contributed by atoms with Crippen LogP contribution < -0.4 is 5.69 Å². The molecule has 0 aliphatic rings. The molecule has 1 aromatic heterocycles. The summed E-state index contributed by atoms with van der Waals surface area (Å²) in [5.41, 5.74) is -0.300. The van der Waals surface area contributed by atoms with Crippen LogP contribution in [0.15, 0.2) is 41.2 Å². The highest BCUT2D eigenvalue weighted by Gasteiger charge is 2.11. The first kappa shape index (κ1) is 10.5. The van der Waals surface area contributed by atoms with Gasteiger partial charge in [0.2, 0.25) is 0 Å². The molecular weight excluding hydrogens is 214 g/mol. The number of nitrogens with one attached hydrogen (secondary N) is 1. The first-order valence-electron chi connectivity index (χ1n) is 4.61. The van der Waals surface area contributed by atoms with Crippen LogP contribution in [0, 0.1) is 0 Å². The largest absolute Gasteiger partial charge is 0.345 e. The fourth-order valence-corrected chi connectivity index (χ4v) is 1.35. The van der Waals surface area contributed by atoms with Gasteiger partial charge >= 0.3 is 5.69 Å². The van der Waals surface area contributed by atoms with Gasteiger partial charge in [-0.05, 0) is 6.07 Å². The van der Waals surface area contributed by atoms with Crippen molar-refractivity contribution in [2.24, 2.45) is 0 Å². The highest BCUT2D eigenvalue weighted by molar-refractivity contribution is 5.58. The molecule has 0 aliphatic carbocycles. The first-order chi connectivity index (χ1) is 7.66. The third-order valence-electron chi connectivity index (χ3n) is 2.07. The highest BCUT2D eigenvalue weighted by Crippen LogP contribution is 2.20. The Kier molecular flexibility index (Phi) is 2.76. The molecule has 2 aromatic rings. The molecule has 0 unspecified atom stereocenters. The maximum Gasteiger partial charge on any atom is 0.345 e. The third kappa shape index (κ3) is 2.13. The molecule has 0 fully saturated rings. The van der Waals surface area contributed by atoms with Crippen LogP contribution in [0.3, 0.4) is 0 Å². The number of nitrogens with zero attached hydrogens (tertiary/aromatic N) is 1. The Bertz CT molecular complexity index is 537. The van der Waals surface area contributed by atoms with Crippen molar-refractivity contribution in [2.45, 2.75) is 6.43 Å². The van der Waals surface area contributed by atoms with Crippen molar-refractivity contribution in [2.75, 3.05) is 0 Å². The number of hydrogen-bond donors (Lipinski definition) is 1. The lowest BCUT2D eigenvalue weighted by molar-refractivity contribution is 0.145. The SMILES string of the molecule is O=c1nc(-c2ccccc2)cc(C(F)F)[nH]1. The summed E-state index contributed by atoms with van der Waals surface area (Å²) in [7, 11) is 0. The molecule has 3 nitrogen and oxygen atoms in total. The number of halogens is 2. The molecule has 0 bridgehead atoms. The van der Waals surface area contributed by atoms with Gasteiger partial charge in [0.25, 0.3) is 6.43 Å². The summed E-state index contributed by atoms with van der Waals surface area (Å²) < 4.78 is 24.9. The van der Waals surface area contributed by atoms with E-state index in [0.29, 0.717) is 5.56 Å². The summed E-state index contributed by atoms with van der Waals surface area (Å²) >= 11 is 0. The molecule has 0 spiro atoms. The van der Waals surface area contributed by atoms with E-state index in [2.05, 4.69) is 4.98 Å². The molecule has 0 atom stereocenters. The van der Waals surface area contributed by atoms with E-state index in [1.54, 1.807) is 30.3 Å². The Hall–Kier alpha value is -2.04. The van der Waals surface area contributed by atoms with Crippen molar-refractivity contribution in [3.05, 3.63) is 52.6 Å². The second-order valence-electron chi connectivity index (χ2n) is 3.19. The fraction of sp³-hybridized carbons (Fsp3) is 0.0909. The van der Waals surface area contributed by atoms with Gasteiger partial charge in [0.15, 0.2) is 0 Å². The molecule has 82 valence electrons. The average Bonchev–Trinajstić information content (AvgIpc) is 2.29. The van der Waals surface area contributed by atoms with Gasteiger partial charge in [-0.25, -0.2) is 13.6 Å². The van der Waals surface area contributed by atoms with E-state index >= 15 is 0 Å². The van der Waals surface area contributed by atoms with Crippen LogP contribution in [0.5, 0.6) is 0 Å². The molecule has 1 heterocycles. The lowest BCUT2D eigenvalue weighted by atomic mass is 10.1. The first-order valence-corrected chi connectivity index (χ1v) is 4.61. The normalized spacial score (nSPS) is 10.7. The summed E-state index contributed by atoms with van der Waals surface area (Å²) in [4.78, 5) is 16.7. The molecule has 5 heteroatoms. The zero-order chi connectivity index (χ0) is 11.5. The summed E-state index contributed by atoms with van der Waals surface area (Å²) in [6.45, 7) is 0. The maximum atomic E-state index is 12.4. The quantitative estimate of drug-likeness (QED) is 0.847. The molecule has 1 N–H and O–H groups in total. The van der Waals surface area contributed by atoms with Crippen molar-refractivity contribution < 1.29 is 8.78 Å². The smallest absolute Gasteiger partial charge is 0.304 e. The number of alkyl halides is 2. The van der Waals surface area contributed by atoms with Gasteiger partial charge in [-0.15, -0.1) is 0 Å². The number of aromatic amines is 1. The van der Waals surface area contributed by atoms with Crippen LogP contribution >= 0.6 is 0 Å². The Labute approximate surface area is 89.8 Å². The van der Waals surface area contributed by atoms with Crippen LogP contribution in [-0.2, 0) is 0 Å². The van der Waals surface area contributed by atoms with Crippen molar-refractivity contribution in [3.8, 4) is 11.3 Å². The van der Waals surface area contributed by atoms with Crippen LogP contribution in [0.4, 0.5) is 8.78 Å². The molecule has 0 saturated carbocycles. The van der Waals surface area contributed by atoms with Crippen LogP contribution in [0.2, 0.25) is 0 Å². The van der Waals surface area contributed by atoms with E-state index in [4.69, 9.17) is 0 Å². The number of aromatic nitrogens is 2. The predicted molar refractivity (Wildman–Crippen MR) is 55.3 cm³/mol. The zero-order valence-corrected chi connectivity index (χ0v) is 8.15. The van der Waals surface area contributed by atoms with Crippen molar-refractivity contribution >= 4 is 0 Å². The molecular formula is C11H8F2N2O. The summed E-state index contributed by atoms with van der Waals surface area (Å²) in [6.07, 6.45) is -2.71. The Morgan fingerprint density at radius 1 is 1.19 bits per heavy atom. The summed E-state index contributed by atoms with van der Waals surface area (Å²) in [6, 6.07) is 9.89. The molecule has 0 radical (unpaired) electrons. The highest BCUT2D eigenvalue weighted by atomic mass is 19.3. The summed E-state index contributed by atoms with van der Waals surface area (Å²) in [5, 5.41) is 0. The van der Waals surface area contributed by atoms with Crippen molar-refractivity contribution in [1.82, 2.24) is 9.97 Å².